The van der Waals surface area contributed by atoms with Crippen molar-refractivity contribution in [1.29, 1.82) is 0 Å². The van der Waals surface area contributed by atoms with Crippen LogP contribution in [0, 0.1) is 11.2 Å². The number of hydrogen-bond donors (Lipinski definition) is 3. The predicted molar refractivity (Wildman–Crippen MR) is 157 cm³/mol. The van der Waals surface area contributed by atoms with Crippen molar-refractivity contribution in [2.24, 2.45) is 5.41 Å². The smallest absolute Gasteiger partial charge is 0.274 e. The van der Waals surface area contributed by atoms with Crippen LogP contribution in [0.4, 0.5) is 10.3 Å². The Morgan fingerprint density at radius 1 is 1.22 bits per heavy atom. The number of nitrogens with zero attached hydrogens (tertiary/aromatic N) is 4. The molecule has 0 bridgehead atoms. The number of halogens is 1. The fourth-order valence-electron chi connectivity index (χ4n) is 5.19. The zero-order valence-corrected chi connectivity index (χ0v) is 24.6. The highest BCUT2D eigenvalue weighted by Crippen LogP contribution is 2.27. The molecule has 1 aromatic carbocycles. The van der Waals surface area contributed by atoms with Crippen LogP contribution in [0.15, 0.2) is 36.5 Å². The zero-order valence-electron chi connectivity index (χ0n) is 24.6. The lowest BCUT2D eigenvalue weighted by Gasteiger charge is -2.37. The zero-order chi connectivity index (χ0) is 29.7. The van der Waals surface area contributed by atoms with Crippen molar-refractivity contribution in [3.8, 4) is 0 Å². The van der Waals surface area contributed by atoms with E-state index >= 15 is 0 Å². The van der Waals surface area contributed by atoms with E-state index in [1.54, 1.807) is 41.8 Å². The summed E-state index contributed by atoms with van der Waals surface area (Å²) >= 11 is 0. The lowest BCUT2D eigenvalue weighted by molar-refractivity contribution is -0.140. The number of aromatic nitrogens is 2. The Labute approximate surface area is 241 Å². The highest BCUT2D eigenvalue weighted by atomic mass is 19.1. The monoisotopic (exact) mass is 567 g/mol. The molecule has 2 aliphatic heterocycles. The van der Waals surface area contributed by atoms with E-state index < -0.39 is 17.5 Å². The minimum Gasteiger partial charge on any atom is -0.352 e. The average Bonchev–Trinajstić information content (AvgIpc) is 3.60. The summed E-state index contributed by atoms with van der Waals surface area (Å²) in [6.07, 6.45) is 7.60. The number of likely N-dealkylation sites (N-methyl/N-ethyl adjacent to an activating group) is 1. The van der Waals surface area contributed by atoms with Gasteiger partial charge in [0.05, 0.1) is 6.04 Å². The van der Waals surface area contributed by atoms with Gasteiger partial charge in [-0.3, -0.25) is 19.0 Å². The molecule has 3 atom stereocenters. The van der Waals surface area contributed by atoms with Crippen molar-refractivity contribution in [2.75, 3.05) is 38.5 Å². The van der Waals surface area contributed by atoms with Crippen LogP contribution >= 0.6 is 0 Å². The molecule has 3 N–H and O–H groups in total. The van der Waals surface area contributed by atoms with Gasteiger partial charge in [-0.1, -0.05) is 32.9 Å². The van der Waals surface area contributed by atoms with E-state index in [2.05, 4.69) is 20.9 Å². The first kappa shape index (κ1) is 30.2. The Morgan fingerprint density at radius 3 is 2.61 bits per heavy atom. The standard InChI is InChI=1S/C30H42FN7O3/c1-20(32-5)26(39)35-25(30(2,3)4)28(41)38-16-6-8-23(38)18-36(17-13-21-9-11-22(31)12-10-21)27(40)24-19-37-15-7-14-33-29(37)34-24/h7,9-12,15,19-20,23,25,32H,6,8,13-14,16-18H2,1-5H3,(H,33,34)(H,35,39)/t20-,23-,25+/m0/s1. The Balaban J connectivity index is 1.55. The van der Waals surface area contributed by atoms with E-state index in [1.165, 1.54) is 12.1 Å². The summed E-state index contributed by atoms with van der Waals surface area (Å²) in [7, 11) is 1.70. The van der Waals surface area contributed by atoms with E-state index in [-0.39, 0.29) is 29.6 Å². The normalized spacial score (nSPS) is 17.9. The van der Waals surface area contributed by atoms with Crippen molar-refractivity contribution in [3.63, 3.8) is 0 Å². The van der Waals surface area contributed by atoms with Crippen LogP contribution in [-0.4, -0.2) is 88.4 Å². The second-order valence-electron chi connectivity index (χ2n) is 11.9. The van der Waals surface area contributed by atoms with Crippen molar-refractivity contribution < 1.29 is 18.8 Å². The lowest BCUT2D eigenvalue weighted by atomic mass is 9.85. The van der Waals surface area contributed by atoms with Gasteiger partial charge < -0.3 is 25.8 Å². The molecule has 0 radical (unpaired) electrons. The Hall–Kier alpha value is -3.73. The largest absolute Gasteiger partial charge is 0.352 e. The van der Waals surface area contributed by atoms with Gasteiger partial charge in [0, 0.05) is 44.6 Å². The number of fused-ring (bicyclic) bond motifs is 1. The number of rotatable bonds is 10. The van der Waals surface area contributed by atoms with E-state index in [4.69, 9.17) is 0 Å². The maximum Gasteiger partial charge on any atom is 0.274 e. The first-order valence-corrected chi connectivity index (χ1v) is 14.3. The molecule has 1 fully saturated rings. The second-order valence-corrected chi connectivity index (χ2v) is 11.9. The van der Waals surface area contributed by atoms with Crippen LogP contribution in [0.25, 0.3) is 6.20 Å². The van der Waals surface area contributed by atoms with Crippen molar-refractivity contribution in [1.82, 2.24) is 30.0 Å². The van der Waals surface area contributed by atoms with Gasteiger partial charge >= 0.3 is 0 Å². The number of amides is 3. The summed E-state index contributed by atoms with van der Waals surface area (Å²) in [5.74, 6) is -0.317. The minimum atomic E-state index is -0.715. The first-order chi connectivity index (χ1) is 19.5. The summed E-state index contributed by atoms with van der Waals surface area (Å²) in [6, 6.07) is 4.90. The minimum absolute atomic E-state index is 0.144. The third kappa shape index (κ3) is 7.32. The van der Waals surface area contributed by atoms with Crippen molar-refractivity contribution in [2.45, 2.75) is 65.1 Å². The molecule has 41 heavy (non-hydrogen) atoms. The SMILES string of the molecule is CN[C@@H](C)C(=O)N[C@H](C(=O)N1CCC[C@H]1CN(CCc1ccc(F)cc1)C(=O)c1cn2c(n1)NCC=C2)C(C)(C)C. The van der Waals surface area contributed by atoms with Crippen LogP contribution in [0.2, 0.25) is 0 Å². The molecule has 2 aromatic rings. The van der Waals surface area contributed by atoms with E-state index in [0.717, 1.165) is 18.4 Å². The number of hydrogen-bond acceptors (Lipinski definition) is 6. The quantitative estimate of drug-likeness (QED) is 0.407. The third-order valence-corrected chi connectivity index (χ3v) is 7.78. The number of nitrogens with one attached hydrogen (secondary N) is 3. The van der Waals surface area contributed by atoms with Gasteiger partial charge in [-0.25, -0.2) is 9.37 Å². The molecular weight excluding hydrogens is 525 g/mol. The number of likely N-dealkylation sites (tertiary alicyclic amines) is 1. The van der Waals surface area contributed by atoms with Crippen LogP contribution in [0.5, 0.6) is 0 Å². The highest BCUT2D eigenvalue weighted by molar-refractivity contribution is 5.93. The van der Waals surface area contributed by atoms with Crippen molar-refractivity contribution in [3.05, 3.63) is 53.6 Å². The number of imidazole rings is 1. The molecule has 2 aliphatic rings. The fraction of sp³-hybridized carbons (Fsp3) is 0.533. The average molecular weight is 568 g/mol. The molecule has 10 nitrogen and oxygen atoms in total. The molecule has 4 rings (SSSR count). The molecule has 11 heteroatoms. The Kier molecular flexibility index (Phi) is 9.47. The molecule has 0 saturated carbocycles. The Bertz CT molecular complexity index is 1270. The van der Waals surface area contributed by atoms with Gasteiger partial charge in [-0.15, -0.1) is 0 Å². The number of carbonyl (C=O) groups excluding carboxylic acids is 3. The molecule has 222 valence electrons. The molecule has 1 aromatic heterocycles. The van der Waals surface area contributed by atoms with Gasteiger partial charge in [-0.2, -0.15) is 0 Å². The maximum atomic E-state index is 13.9. The maximum absolute atomic E-state index is 13.9. The first-order valence-electron chi connectivity index (χ1n) is 14.3. The number of benzene rings is 1. The summed E-state index contributed by atoms with van der Waals surface area (Å²) in [5, 5.41) is 9.04. The van der Waals surface area contributed by atoms with Crippen LogP contribution in [0.3, 0.4) is 0 Å². The molecular formula is C30H42FN7O3. The summed E-state index contributed by atoms with van der Waals surface area (Å²) in [6.45, 7) is 9.47. The van der Waals surface area contributed by atoms with E-state index in [0.29, 0.717) is 44.2 Å². The van der Waals surface area contributed by atoms with Crippen LogP contribution in [0.1, 0.15) is 56.6 Å². The third-order valence-electron chi connectivity index (χ3n) is 7.78. The number of carbonyl (C=O) groups is 3. The second kappa shape index (κ2) is 12.8. The lowest BCUT2D eigenvalue weighted by Crippen LogP contribution is -2.59. The molecule has 0 spiro atoms. The fourth-order valence-corrected chi connectivity index (χ4v) is 5.19. The van der Waals surface area contributed by atoms with Gasteiger partial charge in [0.2, 0.25) is 17.8 Å². The molecule has 3 amide bonds. The van der Waals surface area contributed by atoms with E-state index in [1.807, 2.05) is 37.9 Å². The molecule has 3 heterocycles. The van der Waals surface area contributed by atoms with Gasteiger partial charge in [0.25, 0.3) is 5.91 Å². The molecule has 0 aliphatic carbocycles. The topological polar surface area (TPSA) is 112 Å². The highest BCUT2D eigenvalue weighted by Gasteiger charge is 2.41. The van der Waals surface area contributed by atoms with Crippen LogP contribution < -0.4 is 16.0 Å². The predicted octanol–water partition coefficient (Wildman–Crippen LogP) is 2.73. The van der Waals surface area contributed by atoms with E-state index in [9.17, 15) is 18.8 Å². The molecule has 1 saturated heterocycles. The van der Waals surface area contributed by atoms with Crippen LogP contribution in [-0.2, 0) is 16.0 Å². The van der Waals surface area contributed by atoms with Gasteiger partial charge in [-0.05, 0) is 62.4 Å². The number of anilines is 1. The Morgan fingerprint density at radius 2 is 1.95 bits per heavy atom. The summed E-state index contributed by atoms with van der Waals surface area (Å²) in [5.41, 5.74) is 0.711. The van der Waals surface area contributed by atoms with Gasteiger partial charge in [0.1, 0.15) is 17.6 Å². The summed E-state index contributed by atoms with van der Waals surface area (Å²) < 4.78 is 15.3. The van der Waals surface area contributed by atoms with Crippen molar-refractivity contribution >= 4 is 29.9 Å². The molecule has 0 unspecified atom stereocenters. The summed E-state index contributed by atoms with van der Waals surface area (Å²) in [4.78, 5) is 48.6. The van der Waals surface area contributed by atoms with Gasteiger partial charge in [0.15, 0.2) is 0 Å².